The Morgan fingerprint density at radius 1 is 1.16 bits per heavy atom. The lowest BCUT2D eigenvalue weighted by molar-refractivity contribution is -0.383. The highest BCUT2D eigenvalue weighted by Gasteiger charge is 2.21. The molecule has 1 aromatic heterocycles. The zero-order chi connectivity index (χ0) is 18.0. The molecule has 3 aromatic rings. The van der Waals surface area contributed by atoms with Gasteiger partial charge in [-0.2, -0.15) is 5.26 Å². The zero-order valence-electron chi connectivity index (χ0n) is 13.9. The highest BCUT2D eigenvalue weighted by atomic mass is 16.6. The summed E-state index contributed by atoms with van der Waals surface area (Å²) < 4.78 is 0. The van der Waals surface area contributed by atoms with E-state index in [4.69, 9.17) is 0 Å². The maximum absolute atomic E-state index is 11.4. The van der Waals surface area contributed by atoms with Crippen molar-refractivity contribution in [3.05, 3.63) is 75.6 Å². The Morgan fingerprint density at radius 3 is 2.52 bits per heavy atom. The minimum absolute atomic E-state index is 0.0451. The van der Waals surface area contributed by atoms with Gasteiger partial charge in [0.15, 0.2) is 0 Å². The van der Waals surface area contributed by atoms with Crippen LogP contribution in [-0.4, -0.2) is 17.0 Å². The fourth-order valence-electron chi connectivity index (χ4n) is 3.04. The van der Waals surface area contributed by atoms with E-state index in [-0.39, 0.29) is 5.69 Å². The lowest BCUT2D eigenvalue weighted by Gasteiger charge is -2.22. The van der Waals surface area contributed by atoms with Crippen molar-refractivity contribution in [3.8, 4) is 6.07 Å². The van der Waals surface area contributed by atoms with Crippen molar-refractivity contribution in [2.75, 3.05) is 11.9 Å². The number of nitriles is 1. The highest BCUT2D eigenvalue weighted by molar-refractivity contribution is 6.05. The summed E-state index contributed by atoms with van der Waals surface area (Å²) >= 11 is 0. The van der Waals surface area contributed by atoms with Crippen molar-refractivity contribution in [1.29, 1.82) is 5.26 Å². The first kappa shape index (κ1) is 16.4. The number of aryl methyl sites for hydroxylation is 1. The van der Waals surface area contributed by atoms with Gasteiger partial charge < -0.3 is 4.90 Å². The number of nitrogens with zero attached hydrogens (tertiary/aromatic N) is 4. The number of hydrogen-bond donors (Lipinski definition) is 0. The quantitative estimate of drug-likeness (QED) is 0.533. The molecule has 0 aliphatic heterocycles. The predicted octanol–water partition coefficient (Wildman–Crippen LogP) is 3.96. The van der Waals surface area contributed by atoms with Crippen molar-refractivity contribution in [1.82, 2.24) is 4.98 Å². The summed E-state index contributed by atoms with van der Waals surface area (Å²) in [5.74, 6) is 0. The molecule has 0 fully saturated rings. The lowest BCUT2D eigenvalue weighted by Crippen LogP contribution is -2.17. The Kier molecular flexibility index (Phi) is 4.31. The average molecular weight is 332 g/mol. The van der Waals surface area contributed by atoms with Crippen molar-refractivity contribution < 1.29 is 4.92 Å². The van der Waals surface area contributed by atoms with Crippen LogP contribution in [0.25, 0.3) is 10.8 Å². The molecular weight excluding hydrogens is 316 g/mol. The predicted molar refractivity (Wildman–Crippen MR) is 96.4 cm³/mol. The number of rotatable bonds is 4. The normalized spacial score (nSPS) is 10.4. The Bertz CT molecular complexity index is 994. The van der Waals surface area contributed by atoms with Crippen LogP contribution in [0.3, 0.4) is 0 Å². The van der Waals surface area contributed by atoms with Gasteiger partial charge in [0.25, 0.3) is 5.69 Å². The standard InChI is InChI=1S/C19H16N4O2/c1-13-3-4-15(11-20)19-17(23(24)25)6-5-16(18(13)19)22(2)12-14-7-9-21-10-8-14/h3-10H,12H2,1-2H3. The van der Waals surface area contributed by atoms with Gasteiger partial charge in [-0.3, -0.25) is 15.1 Å². The van der Waals surface area contributed by atoms with Gasteiger partial charge in [0.1, 0.15) is 6.07 Å². The molecule has 0 radical (unpaired) electrons. The van der Waals surface area contributed by atoms with E-state index >= 15 is 0 Å². The number of non-ortho nitro benzene ring substituents is 1. The SMILES string of the molecule is Cc1ccc(C#N)c2c([N+](=O)[O-])ccc(N(C)Cc3ccncc3)c12. The summed E-state index contributed by atoms with van der Waals surface area (Å²) in [7, 11) is 1.93. The second-order valence-electron chi connectivity index (χ2n) is 5.86. The van der Waals surface area contributed by atoms with E-state index in [1.54, 1.807) is 24.5 Å². The molecule has 1 heterocycles. The van der Waals surface area contributed by atoms with E-state index in [1.807, 2.05) is 37.1 Å². The molecule has 124 valence electrons. The third-order valence-corrected chi connectivity index (χ3v) is 4.22. The molecule has 6 heteroatoms. The van der Waals surface area contributed by atoms with Crippen LogP contribution >= 0.6 is 0 Å². The maximum Gasteiger partial charge on any atom is 0.278 e. The van der Waals surface area contributed by atoms with Crippen LogP contribution < -0.4 is 4.90 Å². The number of anilines is 1. The molecule has 3 rings (SSSR count). The monoisotopic (exact) mass is 332 g/mol. The highest BCUT2D eigenvalue weighted by Crippen LogP contribution is 2.37. The minimum Gasteiger partial charge on any atom is -0.370 e. The van der Waals surface area contributed by atoms with E-state index in [0.29, 0.717) is 17.5 Å². The number of benzene rings is 2. The number of pyridine rings is 1. The van der Waals surface area contributed by atoms with E-state index in [0.717, 1.165) is 22.2 Å². The number of hydrogen-bond acceptors (Lipinski definition) is 5. The fourth-order valence-corrected chi connectivity index (χ4v) is 3.04. The van der Waals surface area contributed by atoms with E-state index < -0.39 is 4.92 Å². The van der Waals surface area contributed by atoms with Gasteiger partial charge in [-0.05, 0) is 42.3 Å². The smallest absolute Gasteiger partial charge is 0.278 e. The number of fused-ring (bicyclic) bond motifs is 1. The lowest BCUT2D eigenvalue weighted by atomic mass is 9.97. The molecule has 0 bridgehead atoms. The number of nitro benzene ring substituents is 1. The van der Waals surface area contributed by atoms with Gasteiger partial charge in [0, 0.05) is 43.1 Å². The summed E-state index contributed by atoms with van der Waals surface area (Å²) in [5.41, 5.74) is 3.10. The molecule has 0 saturated carbocycles. The number of nitro groups is 1. The maximum atomic E-state index is 11.4. The van der Waals surface area contributed by atoms with Crippen molar-refractivity contribution in [2.24, 2.45) is 0 Å². The van der Waals surface area contributed by atoms with Crippen LogP contribution in [0.1, 0.15) is 16.7 Å². The van der Waals surface area contributed by atoms with Gasteiger partial charge in [0.2, 0.25) is 0 Å². The Balaban J connectivity index is 2.21. The molecule has 2 aromatic carbocycles. The minimum atomic E-state index is -0.435. The van der Waals surface area contributed by atoms with E-state index in [1.165, 1.54) is 6.07 Å². The second-order valence-corrected chi connectivity index (χ2v) is 5.86. The van der Waals surface area contributed by atoms with E-state index in [2.05, 4.69) is 11.1 Å². The Morgan fingerprint density at radius 2 is 1.88 bits per heavy atom. The third-order valence-electron chi connectivity index (χ3n) is 4.22. The average Bonchev–Trinajstić information content (AvgIpc) is 2.62. The van der Waals surface area contributed by atoms with Gasteiger partial charge in [0.05, 0.1) is 15.9 Å². The molecule has 0 aliphatic rings. The van der Waals surface area contributed by atoms with Crippen LogP contribution in [0.15, 0.2) is 48.8 Å². The molecule has 0 N–H and O–H groups in total. The first-order chi connectivity index (χ1) is 12.0. The molecule has 0 amide bonds. The summed E-state index contributed by atoms with van der Waals surface area (Å²) in [6.45, 7) is 2.53. The van der Waals surface area contributed by atoms with E-state index in [9.17, 15) is 15.4 Å². The van der Waals surface area contributed by atoms with Gasteiger partial charge in [-0.25, -0.2) is 0 Å². The van der Waals surface area contributed by atoms with Crippen LogP contribution in [0, 0.1) is 28.4 Å². The summed E-state index contributed by atoms with van der Waals surface area (Å²) in [6, 6.07) is 12.6. The largest absolute Gasteiger partial charge is 0.370 e. The second kappa shape index (κ2) is 6.57. The Hall–Kier alpha value is -3.46. The molecule has 0 spiro atoms. The Labute approximate surface area is 145 Å². The molecule has 0 aliphatic carbocycles. The third kappa shape index (κ3) is 3.00. The van der Waals surface area contributed by atoms with Gasteiger partial charge in [-0.1, -0.05) is 6.07 Å². The van der Waals surface area contributed by atoms with Crippen LogP contribution in [-0.2, 0) is 6.54 Å². The molecular formula is C19H16N4O2. The topological polar surface area (TPSA) is 83.1 Å². The first-order valence-corrected chi connectivity index (χ1v) is 7.73. The van der Waals surface area contributed by atoms with Gasteiger partial charge >= 0.3 is 0 Å². The molecule has 25 heavy (non-hydrogen) atoms. The summed E-state index contributed by atoms with van der Waals surface area (Å²) in [5, 5.41) is 22.0. The summed E-state index contributed by atoms with van der Waals surface area (Å²) in [6.07, 6.45) is 3.46. The zero-order valence-corrected chi connectivity index (χ0v) is 13.9. The van der Waals surface area contributed by atoms with Crippen molar-refractivity contribution in [3.63, 3.8) is 0 Å². The van der Waals surface area contributed by atoms with Crippen LogP contribution in [0.4, 0.5) is 11.4 Å². The van der Waals surface area contributed by atoms with Crippen molar-refractivity contribution >= 4 is 22.1 Å². The van der Waals surface area contributed by atoms with Crippen molar-refractivity contribution in [2.45, 2.75) is 13.5 Å². The number of aromatic nitrogens is 1. The van der Waals surface area contributed by atoms with Crippen LogP contribution in [0.5, 0.6) is 0 Å². The molecule has 0 saturated heterocycles. The molecule has 6 nitrogen and oxygen atoms in total. The first-order valence-electron chi connectivity index (χ1n) is 7.73. The fraction of sp³-hybridized carbons (Fsp3) is 0.158. The van der Waals surface area contributed by atoms with Crippen LogP contribution in [0.2, 0.25) is 0 Å². The molecule has 0 atom stereocenters. The summed E-state index contributed by atoms with van der Waals surface area (Å²) in [4.78, 5) is 17.0. The molecule has 0 unspecified atom stereocenters. The van der Waals surface area contributed by atoms with Gasteiger partial charge in [-0.15, -0.1) is 0 Å².